The fourth-order valence-corrected chi connectivity index (χ4v) is 2.32. The van der Waals surface area contributed by atoms with Gasteiger partial charge in [0, 0.05) is 5.69 Å². The molecule has 1 aromatic carbocycles. The van der Waals surface area contributed by atoms with E-state index in [4.69, 9.17) is 4.74 Å². The number of aromatic nitrogens is 1. The van der Waals surface area contributed by atoms with Gasteiger partial charge in [0.1, 0.15) is 10.8 Å². The lowest BCUT2D eigenvalue weighted by molar-refractivity contribution is 0.0521. The molecule has 2 aromatic rings. The highest BCUT2D eigenvalue weighted by molar-refractivity contribution is 9.10. The Labute approximate surface area is 121 Å². The molecule has 0 saturated heterocycles. The van der Waals surface area contributed by atoms with Crippen LogP contribution in [0.5, 0.6) is 0 Å². The van der Waals surface area contributed by atoms with Crippen molar-refractivity contribution < 1.29 is 13.9 Å². The van der Waals surface area contributed by atoms with Crippen molar-refractivity contribution in [3.63, 3.8) is 0 Å². The SMILES string of the molecule is CCOC(=O)c1ncsc1Nc1ccc(Br)c(F)c1. The monoisotopic (exact) mass is 344 g/mol. The van der Waals surface area contributed by atoms with Gasteiger partial charge in [-0.25, -0.2) is 14.2 Å². The number of nitrogens with zero attached hydrogens (tertiary/aromatic N) is 1. The molecule has 1 N–H and O–H groups in total. The van der Waals surface area contributed by atoms with Crippen molar-refractivity contribution in [2.24, 2.45) is 0 Å². The molecule has 0 unspecified atom stereocenters. The quantitative estimate of drug-likeness (QED) is 0.852. The lowest BCUT2D eigenvalue weighted by Gasteiger charge is -2.06. The molecular formula is C12H10BrFN2O2S. The molecule has 19 heavy (non-hydrogen) atoms. The minimum absolute atomic E-state index is 0.204. The average molecular weight is 345 g/mol. The zero-order chi connectivity index (χ0) is 13.8. The first-order valence-corrected chi connectivity index (χ1v) is 7.11. The maximum atomic E-state index is 13.4. The molecule has 7 heteroatoms. The second kappa shape index (κ2) is 6.12. The summed E-state index contributed by atoms with van der Waals surface area (Å²) in [5, 5.41) is 3.48. The Morgan fingerprint density at radius 3 is 3.05 bits per heavy atom. The third-order valence-electron chi connectivity index (χ3n) is 2.21. The molecule has 1 aromatic heterocycles. The molecule has 0 radical (unpaired) electrons. The summed E-state index contributed by atoms with van der Waals surface area (Å²) in [7, 11) is 0. The number of rotatable bonds is 4. The van der Waals surface area contributed by atoms with Crippen LogP contribution in [-0.4, -0.2) is 17.6 Å². The van der Waals surface area contributed by atoms with Crippen LogP contribution in [0.4, 0.5) is 15.1 Å². The van der Waals surface area contributed by atoms with Crippen molar-refractivity contribution in [3.8, 4) is 0 Å². The Balaban J connectivity index is 2.21. The zero-order valence-electron chi connectivity index (χ0n) is 9.94. The van der Waals surface area contributed by atoms with Crippen LogP contribution in [0.25, 0.3) is 0 Å². The Morgan fingerprint density at radius 1 is 1.58 bits per heavy atom. The van der Waals surface area contributed by atoms with Crippen molar-refractivity contribution in [3.05, 3.63) is 39.7 Å². The van der Waals surface area contributed by atoms with Crippen molar-refractivity contribution in [2.75, 3.05) is 11.9 Å². The molecule has 4 nitrogen and oxygen atoms in total. The molecule has 0 fully saturated rings. The lowest BCUT2D eigenvalue weighted by atomic mass is 10.3. The number of hydrogen-bond acceptors (Lipinski definition) is 5. The first kappa shape index (κ1) is 14.0. The van der Waals surface area contributed by atoms with Crippen LogP contribution in [0.3, 0.4) is 0 Å². The van der Waals surface area contributed by atoms with Gasteiger partial charge in [-0.3, -0.25) is 0 Å². The van der Waals surface area contributed by atoms with E-state index in [2.05, 4.69) is 26.2 Å². The predicted molar refractivity (Wildman–Crippen MR) is 75.5 cm³/mol. The highest BCUT2D eigenvalue weighted by Gasteiger charge is 2.16. The van der Waals surface area contributed by atoms with E-state index in [-0.39, 0.29) is 18.1 Å². The van der Waals surface area contributed by atoms with Crippen molar-refractivity contribution in [2.45, 2.75) is 6.92 Å². The lowest BCUT2D eigenvalue weighted by Crippen LogP contribution is -2.07. The van der Waals surface area contributed by atoms with E-state index in [1.807, 2.05) is 0 Å². The van der Waals surface area contributed by atoms with E-state index in [1.54, 1.807) is 19.1 Å². The van der Waals surface area contributed by atoms with Crippen LogP contribution in [0.15, 0.2) is 28.2 Å². The van der Waals surface area contributed by atoms with Crippen LogP contribution >= 0.6 is 27.3 Å². The second-order valence-electron chi connectivity index (χ2n) is 3.50. The highest BCUT2D eigenvalue weighted by Crippen LogP contribution is 2.27. The summed E-state index contributed by atoms with van der Waals surface area (Å²) in [6, 6.07) is 4.61. The summed E-state index contributed by atoms with van der Waals surface area (Å²) in [5.41, 5.74) is 2.27. The Morgan fingerprint density at radius 2 is 2.37 bits per heavy atom. The number of carbonyl (C=O) groups is 1. The molecule has 0 aliphatic rings. The van der Waals surface area contributed by atoms with Crippen LogP contribution in [-0.2, 0) is 4.74 Å². The smallest absolute Gasteiger partial charge is 0.360 e. The summed E-state index contributed by atoms with van der Waals surface area (Å²) in [4.78, 5) is 15.6. The van der Waals surface area contributed by atoms with Gasteiger partial charge in [-0.15, -0.1) is 11.3 Å². The molecule has 0 atom stereocenters. The summed E-state index contributed by atoms with van der Waals surface area (Å²) in [6.07, 6.45) is 0. The number of ether oxygens (including phenoxy) is 1. The van der Waals surface area contributed by atoms with E-state index in [9.17, 15) is 9.18 Å². The van der Waals surface area contributed by atoms with E-state index in [0.29, 0.717) is 15.2 Å². The standard InChI is InChI=1S/C12H10BrFN2O2S/c1-2-18-12(17)10-11(19-6-15-10)16-7-3-4-8(13)9(14)5-7/h3-6,16H,2H2,1H3. The van der Waals surface area contributed by atoms with Gasteiger partial charge in [-0.1, -0.05) is 0 Å². The molecule has 2 rings (SSSR count). The summed E-state index contributed by atoms with van der Waals surface area (Å²) < 4.78 is 18.7. The van der Waals surface area contributed by atoms with E-state index in [0.717, 1.165) is 0 Å². The van der Waals surface area contributed by atoms with Crippen molar-refractivity contribution in [1.82, 2.24) is 4.98 Å². The number of hydrogen-bond donors (Lipinski definition) is 1. The molecule has 100 valence electrons. The minimum Gasteiger partial charge on any atom is -0.461 e. The van der Waals surface area contributed by atoms with Crippen molar-refractivity contribution in [1.29, 1.82) is 0 Å². The predicted octanol–water partition coefficient (Wildman–Crippen LogP) is 3.97. The maximum Gasteiger partial charge on any atom is 0.360 e. The topological polar surface area (TPSA) is 51.2 Å². The highest BCUT2D eigenvalue weighted by atomic mass is 79.9. The number of carbonyl (C=O) groups excluding carboxylic acids is 1. The number of esters is 1. The van der Waals surface area contributed by atoms with Gasteiger partial charge >= 0.3 is 5.97 Å². The number of thiazole rings is 1. The van der Waals surface area contributed by atoms with Gasteiger partial charge in [-0.2, -0.15) is 0 Å². The minimum atomic E-state index is -0.496. The number of benzene rings is 1. The third-order valence-corrected chi connectivity index (χ3v) is 3.60. The molecule has 0 spiro atoms. The van der Waals surface area contributed by atoms with E-state index >= 15 is 0 Å². The normalized spacial score (nSPS) is 10.3. The molecule has 0 amide bonds. The molecule has 0 aliphatic heterocycles. The van der Waals surface area contributed by atoms with Gasteiger partial charge in [0.2, 0.25) is 0 Å². The number of nitrogens with one attached hydrogen (secondary N) is 1. The summed E-state index contributed by atoms with van der Waals surface area (Å²) in [6.45, 7) is 2.00. The zero-order valence-corrected chi connectivity index (χ0v) is 12.3. The van der Waals surface area contributed by atoms with Crippen LogP contribution in [0, 0.1) is 5.82 Å². The Hall–Kier alpha value is -1.47. The van der Waals surface area contributed by atoms with Crippen LogP contribution < -0.4 is 5.32 Å². The number of halogens is 2. The van der Waals surface area contributed by atoms with Crippen LogP contribution in [0.1, 0.15) is 17.4 Å². The fourth-order valence-electron chi connectivity index (χ4n) is 1.38. The molecule has 0 saturated carbocycles. The maximum absolute atomic E-state index is 13.4. The fraction of sp³-hybridized carbons (Fsp3) is 0.167. The Bertz CT molecular complexity index is 603. The molecule has 1 heterocycles. The first-order chi connectivity index (χ1) is 9.11. The molecular weight excluding hydrogens is 335 g/mol. The first-order valence-electron chi connectivity index (χ1n) is 5.44. The van der Waals surface area contributed by atoms with Gasteiger partial charge in [-0.05, 0) is 41.1 Å². The second-order valence-corrected chi connectivity index (χ2v) is 5.21. The van der Waals surface area contributed by atoms with E-state index in [1.165, 1.54) is 22.9 Å². The molecule has 0 aliphatic carbocycles. The number of anilines is 2. The van der Waals surface area contributed by atoms with Gasteiger partial charge in [0.25, 0.3) is 0 Å². The third kappa shape index (κ3) is 3.30. The Kier molecular flexibility index (Phi) is 4.49. The summed E-state index contributed by atoms with van der Waals surface area (Å²) in [5.74, 6) is -0.879. The van der Waals surface area contributed by atoms with Crippen molar-refractivity contribution >= 4 is 43.9 Å². The van der Waals surface area contributed by atoms with Gasteiger partial charge < -0.3 is 10.1 Å². The largest absolute Gasteiger partial charge is 0.461 e. The average Bonchev–Trinajstić information content (AvgIpc) is 2.82. The van der Waals surface area contributed by atoms with Crippen LogP contribution in [0.2, 0.25) is 0 Å². The van der Waals surface area contributed by atoms with Gasteiger partial charge in [0.05, 0.1) is 16.6 Å². The summed E-state index contributed by atoms with van der Waals surface area (Å²) >= 11 is 4.33. The molecule has 0 bridgehead atoms. The van der Waals surface area contributed by atoms with E-state index < -0.39 is 5.97 Å². The van der Waals surface area contributed by atoms with Gasteiger partial charge in [0.15, 0.2) is 5.69 Å².